The van der Waals surface area contributed by atoms with Gasteiger partial charge in [-0.1, -0.05) is 67.6 Å². The number of hydrogen-bond acceptors (Lipinski definition) is 6. The number of esters is 1. The van der Waals surface area contributed by atoms with E-state index >= 15 is 0 Å². The van der Waals surface area contributed by atoms with Gasteiger partial charge in [-0.2, -0.15) is 0 Å². The predicted octanol–water partition coefficient (Wildman–Crippen LogP) is 2.49. The summed E-state index contributed by atoms with van der Waals surface area (Å²) in [5.74, 6) is -2.08. The second-order valence-corrected chi connectivity index (χ2v) is 9.45. The van der Waals surface area contributed by atoms with Crippen LogP contribution >= 0.6 is 0 Å². The van der Waals surface area contributed by atoms with Crippen LogP contribution in [0, 0.1) is 0 Å². The predicted molar refractivity (Wildman–Crippen MR) is 142 cm³/mol. The van der Waals surface area contributed by atoms with Crippen molar-refractivity contribution in [3.63, 3.8) is 0 Å². The van der Waals surface area contributed by atoms with Gasteiger partial charge in [0.2, 0.25) is 11.8 Å². The van der Waals surface area contributed by atoms with Gasteiger partial charge in [-0.05, 0) is 37.8 Å². The Kier molecular flexibility index (Phi) is 9.78. The first-order chi connectivity index (χ1) is 18.1. The lowest BCUT2D eigenvalue weighted by Crippen LogP contribution is -2.56. The number of nitrogens with zero attached hydrogens (tertiary/aromatic N) is 2. The average molecular weight is 522 g/mol. The van der Waals surface area contributed by atoms with Crippen LogP contribution in [0.3, 0.4) is 0 Å². The van der Waals surface area contributed by atoms with E-state index in [1.54, 1.807) is 51.2 Å². The van der Waals surface area contributed by atoms with E-state index in [1.165, 1.54) is 16.7 Å². The van der Waals surface area contributed by atoms with Crippen molar-refractivity contribution in [2.45, 2.75) is 64.8 Å². The van der Waals surface area contributed by atoms with Crippen LogP contribution < -0.4 is 5.32 Å². The molecule has 0 bridgehead atoms. The van der Waals surface area contributed by atoms with E-state index in [-0.39, 0.29) is 18.9 Å². The molecule has 1 aliphatic rings. The number of carbonyl (C=O) groups is 4. The molecule has 2 aromatic rings. The van der Waals surface area contributed by atoms with Crippen LogP contribution in [0.4, 0.5) is 0 Å². The molecule has 9 heteroatoms. The van der Waals surface area contributed by atoms with Crippen LogP contribution in [0.15, 0.2) is 66.9 Å². The average Bonchev–Trinajstić information content (AvgIpc) is 2.89. The fourth-order valence-corrected chi connectivity index (χ4v) is 4.36. The van der Waals surface area contributed by atoms with E-state index in [4.69, 9.17) is 4.74 Å². The van der Waals surface area contributed by atoms with E-state index in [0.717, 1.165) is 5.56 Å². The zero-order chi connectivity index (χ0) is 27.8. The molecule has 1 heterocycles. The molecule has 0 aromatic heterocycles. The summed E-state index contributed by atoms with van der Waals surface area (Å²) in [6.07, 6.45) is 0.0816. The van der Waals surface area contributed by atoms with Crippen molar-refractivity contribution < 1.29 is 29.0 Å². The number of aliphatic hydroxyl groups excluding tert-OH is 1. The molecule has 9 nitrogen and oxygen atoms in total. The molecule has 3 amide bonds. The van der Waals surface area contributed by atoms with E-state index in [2.05, 4.69) is 5.32 Å². The number of rotatable bonds is 10. The second kappa shape index (κ2) is 13.0. The van der Waals surface area contributed by atoms with Crippen molar-refractivity contribution in [2.24, 2.45) is 0 Å². The van der Waals surface area contributed by atoms with Crippen LogP contribution in [0.1, 0.15) is 45.2 Å². The third-order valence-corrected chi connectivity index (χ3v) is 6.18. The van der Waals surface area contributed by atoms with Gasteiger partial charge >= 0.3 is 5.97 Å². The summed E-state index contributed by atoms with van der Waals surface area (Å²) in [4.78, 5) is 54.4. The minimum atomic E-state index is -1.61. The van der Waals surface area contributed by atoms with E-state index in [9.17, 15) is 24.3 Å². The highest BCUT2D eigenvalue weighted by Gasteiger charge is 2.38. The fraction of sp³-hybridized carbons (Fsp3) is 0.379. The van der Waals surface area contributed by atoms with Gasteiger partial charge in [-0.25, -0.2) is 4.79 Å². The number of amides is 3. The molecule has 0 radical (unpaired) electrons. The summed E-state index contributed by atoms with van der Waals surface area (Å²) >= 11 is 0. The Balaban J connectivity index is 1.89. The number of carbonyl (C=O) groups excluding carboxylic acids is 4. The normalized spacial score (nSPS) is 17.1. The van der Waals surface area contributed by atoms with Crippen molar-refractivity contribution in [3.8, 4) is 0 Å². The summed E-state index contributed by atoms with van der Waals surface area (Å²) in [5, 5.41) is 13.5. The number of nitrogens with one attached hydrogen (secondary N) is 1. The monoisotopic (exact) mass is 521 g/mol. The van der Waals surface area contributed by atoms with E-state index in [1.807, 2.05) is 36.4 Å². The lowest BCUT2D eigenvalue weighted by Gasteiger charge is -2.38. The molecule has 0 saturated carbocycles. The number of ether oxygens (including phenoxy) is 1. The molecule has 0 saturated heterocycles. The molecular weight excluding hydrogens is 486 g/mol. The van der Waals surface area contributed by atoms with Crippen molar-refractivity contribution in [1.82, 2.24) is 15.1 Å². The Morgan fingerprint density at radius 3 is 2.18 bits per heavy atom. The van der Waals surface area contributed by atoms with E-state index in [0.29, 0.717) is 17.7 Å². The quantitative estimate of drug-likeness (QED) is 0.464. The van der Waals surface area contributed by atoms with Crippen LogP contribution in [-0.2, 0) is 30.3 Å². The Hall–Kier alpha value is -3.98. The Bertz CT molecular complexity index is 1170. The summed E-state index contributed by atoms with van der Waals surface area (Å²) in [7, 11) is 0. The number of hydrogen-bond donors (Lipinski definition) is 2. The Labute approximate surface area is 223 Å². The highest BCUT2D eigenvalue weighted by atomic mass is 16.6. The summed E-state index contributed by atoms with van der Waals surface area (Å²) in [6.45, 7) is 6.17. The van der Waals surface area contributed by atoms with E-state index < -0.39 is 42.1 Å². The van der Waals surface area contributed by atoms with Gasteiger partial charge in [-0.15, -0.1) is 0 Å². The topological polar surface area (TPSA) is 116 Å². The van der Waals surface area contributed by atoms with Gasteiger partial charge in [-0.3, -0.25) is 19.3 Å². The van der Waals surface area contributed by atoms with Crippen molar-refractivity contribution in [3.05, 3.63) is 78.0 Å². The van der Waals surface area contributed by atoms with Gasteiger partial charge in [0.25, 0.3) is 5.91 Å². The second-order valence-electron chi connectivity index (χ2n) is 9.45. The molecule has 3 atom stereocenters. The molecule has 1 aliphatic heterocycles. The highest BCUT2D eigenvalue weighted by molar-refractivity contribution is 5.99. The Morgan fingerprint density at radius 2 is 1.63 bits per heavy atom. The fourth-order valence-electron chi connectivity index (χ4n) is 4.36. The first kappa shape index (κ1) is 28.6. The minimum absolute atomic E-state index is 0.173. The maximum Gasteiger partial charge on any atom is 0.337 e. The lowest BCUT2D eigenvalue weighted by molar-refractivity contribution is -0.159. The molecule has 202 valence electrons. The van der Waals surface area contributed by atoms with Crippen molar-refractivity contribution in [2.75, 3.05) is 6.54 Å². The summed E-state index contributed by atoms with van der Waals surface area (Å²) in [5.41, 5.74) is 1.87. The Morgan fingerprint density at radius 1 is 1.03 bits per heavy atom. The minimum Gasteiger partial charge on any atom is -0.461 e. The first-order valence-corrected chi connectivity index (χ1v) is 12.7. The summed E-state index contributed by atoms with van der Waals surface area (Å²) in [6, 6.07) is 16.4. The van der Waals surface area contributed by atoms with Crippen LogP contribution in [0.25, 0.3) is 5.70 Å². The van der Waals surface area contributed by atoms with Crippen molar-refractivity contribution >= 4 is 29.4 Å². The van der Waals surface area contributed by atoms with Gasteiger partial charge in [0.1, 0.15) is 12.6 Å². The van der Waals surface area contributed by atoms with Gasteiger partial charge in [0.15, 0.2) is 6.10 Å². The van der Waals surface area contributed by atoms with Gasteiger partial charge in [0.05, 0.1) is 17.8 Å². The first-order valence-electron chi connectivity index (χ1n) is 12.7. The van der Waals surface area contributed by atoms with Gasteiger partial charge in [0, 0.05) is 13.1 Å². The molecule has 2 N–H and O–H groups in total. The zero-order valence-electron chi connectivity index (χ0n) is 22.2. The van der Waals surface area contributed by atoms with Gasteiger partial charge < -0.3 is 20.1 Å². The third-order valence-electron chi connectivity index (χ3n) is 6.18. The number of benzene rings is 2. The molecule has 0 fully saturated rings. The molecule has 0 aliphatic carbocycles. The highest BCUT2D eigenvalue weighted by Crippen LogP contribution is 2.28. The number of aliphatic hydroxyl groups is 1. The summed E-state index contributed by atoms with van der Waals surface area (Å²) < 4.78 is 5.17. The molecule has 2 unspecified atom stereocenters. The van der Waals surface area contributed by atoms with Crippen molar-refractivity contribution in [1.29, 1.82) is 0 Å². The lowest BCUT2D eigenvalue weighted by atomic mass is 10.0. The van der Waals surface area contributed by atoms with Crippen LogP contribution in [0.5, 0.6) is 0 Å². The molecule has 2 aromatic carbocycles. The molecule has 0 spiro atoms. The van der Waals surface area contributed by atoms with Crippen LogP contribution in [0.2, 0.25) is 0 Å². The molecular formula is C29H35N3O6. The maximum absolute atomic E-state index is 13.5. The zero-order valence-corrected chi connectivity index (χ0v) is 22.2. The smallest absolute Gasteiger partial charge is 0.337 e. The SMILES string of the molecule is CCC1C(=O)N(CC(=O)N[C@@H](Cc2ccccc2)C(O)C(=O)OC(C)C)C(c2ccccc2)=CN1C(C)=O. The standard InChI is InChI=1S/C29H35N3O6/c1-5-24-28(36)32(25(17-31(24)20(4)33)22-14-10-7-11-15-22)18-26(34)30-23(16-21-12-8-6-9-13-21)27(35)29(37)38-19(2)3/h6-15,17,19,23-24,27,35H,5,16,18H2,1-4H3,(H,30,34)/t23-,24?,27?/m0/s1. The molecule has 38 heavy (non-hydrogen) atoms. The largest absolute Gasteiger partial charge is 0.461 e. The third kappa shape index (κ3) is 7.07. The molecule has 3 rings (SSSR count). The van der Waals surface area contributed by atoms with Crippen LogP contribution in [-0.4, -0.2) is 69.4 Å². The maximum atomic E-state index is 13.5.